The molecule has 14 heavy (non-hydrogen) atoms. The van der Waals surface area contributed by atoms with Crippen LogP contribution in [0.4, 0.5) is 0 Å². The summed E-state index contributed by atoms with van der Waals surface area (Å²) in [7, 11) is 0. The fourth-order valence-corrected chi connectivity index (χ4v) is 3.02. The van der Waals surface area contributed by atoms with Gasteiger partial charge in [-0.15, -0.1) is 0 Å². The van der Waals surface area contributed by atoms with Crippen molar-refractivity contribution in [3.05, 3.63) is 0 Å². The number of hydrogen-bond donors (Lipinski definition) is 1. The van der Waals surface area contributed by atoms with Crippen molar-refractivity contribution < 1.29 is 9.90 Å². The zero-order valence-electron chi connectivity index (χ0n) is 9.71. The van der Waals surface area contributed by atoms with Gasteiger partial charge in [0.2, 0.25) is 0 Å². The van der Waals surface area contributed by atoms with E-state index >= 15 is 0 Å². The van der Waals surface area contributed by atoms with E-state index in [1.54, 1.807) is 0 Å². The Morgan fingerprint density at radius 2 is 1.71 bits per heavy atom. The van der Waals surface area contributed by atoms with E-state index in [4.69, 9.17) is 5.11 Å². The van der Waals surface area contributed by atoms with Crippen molar-refractivity contribution in [2.75, 3.05) is 0 Å². The summed E-state index contributed by atoms with van der Waals surface area (Å²) in [5, 5.41) is 8.70. The van der Waals surface area contributed by atoms with Crippen LogP contribution in [0.3, 0.4) is 0 Å². The molecule has 0 aromatic carbocycles. The Kier molecular flexibility index (Phi) is 3.23. The van der Waals surface area contributed by atoms with Crippen LogP contribution in [0.1, 0.15) is 47.0 Å². The molecule has 0 unspecified atom stereocenters. The standard InChI is InChI=1S/C12H22O2/c1-8(2)12(9(3)4)6-10(7-12)5-11(13)14/h8-10H,5-7H2,1-4H3,(H,13,14). The average Bonchev–Trinajstić information content (AvgIpc) is 1.93. The van der Waals surface area contributed by atoms with Crippen LogP contribution in [-0.4, -0.2) is 11.1 Å². The van der Waals surface area contributed by atoms with Crippen molar-refractivity contribution in [3.8, 4) is 0 Å². The lowest BCUT2D eigenvalue weighted by atomic mass is 9.51. The van der Waals surface area contributed by atoms with Crippen molar-refractivity contribution in [3.63, 3.8) is 0 Å². The molecule has 82 valence electrons. The molecule has 0 aromatic heterocycles. The molecule has 1 saturated carbocycles. The van der Waals surface area contributed by atoms with Gasteiger partial charge < -0.3 is 5.11 Å². The summed E-state index contributed by atoms with van der Waals surface area (Å²) in [6.45, 7) is 9.04. The zero-order chi connectivity index (χ0) is 10.9. The van der Waals surface area contributed by atoms with E-state index in [1.165, 1.54) is 0 Å². The second-order valence-electron chi connectivity index (χ2n) is 5.41. The molecule has 0 spiro atoms. The van der Waals surface area contributed by atoms with Gasteiger partial charge in [0.1, 0.15) is 0 Å². The molecule has 2 nitrogen and oxygen atoms in total. The maximum atomic E-state index is 10.6. The maximum Gasteiger partial charge on any atom is 0.303 e. The topological polar surface area (TPSA) is 37.3 Å². The third-order valence-electron chi connectivity index (χ3n) is 4.10. The molecule has 1 fully saturated rings. The largest absolute Gasteiger partial charge is 0.481 e. The molecule has 0 aliphatic heterocycles. The van der Waals surface area contributed by atoms with Crippen LogP contribution in [0, 0.1) is 23.2 Å². The van der Waals surface area contributed by atoms with E-state index in [9.17, 15) is 4.79 Å². The normalized spacial score (nSPS) is 21.3. The molecule has 0 saturated heterocycles. The molecule has 1 aliphatic carbocycles. The minimum absolute atomic E-state index is 0.362. The summed E-state index contributed by atoms with van der Waals surface area (Å²) < 4.78 is 0. The van der Waals surface area contributed by atoms with Crippen LogP contribution in [0.25, 0.3) is 0 Å². The van der Waals surface area contributed by atoms with Gasteiger partial charge in [-0.1, -0.05) is 27.7 Å². The molecule has 0 amide bonds. The highest BCUT2D eigenvalue weighted by Crippen LogP contribution is 2.56. The van der Waals surface area contributed by atoms with E-state index in [0.29, 0.717) is 29.6 Å². The second kappa shape index (κ2) is 3.92. The molecular weight excluding hydrogens is 176 g/mol. The van der Waals surface area contributed by atoms with E-state index in [1.807, 2.05) is 0 Å². The highest BCUT2D eigenvalue weighted by molar-refractivity contribution is 5.67. The summed E-state index contributed by atoms with van der Waals surface area (Å²) in [5.41, 5.74) is 0.417. The molecule has 1 N–H and O–H groups in total. The van der Waals surface area contributed by atoms with Crippen LogP contribution in [0.5, 0.6) is 0 Å². The second-order valence-corrected chi connectivity index (χ2v) is 5.41. The van der Waals surface area contributed by atoms with Crippen LogP contribution in [0.2, 0.25) is 0 Å². The quantitative estimate of drug-likeness (QED) is 0.753. The minimum atomic E-state index is -0.642. The summed E-state index contributed by atoms with van der Waals surface area (Å²) >= 11 is 0. The van der Waals surface area contributed by atoms with Crippen LogP contribution in [0.15, 0.2) is 0 Å². The molecule has 2 heteroatoms. The summed E-state index contributed by atoms with van der Waals surface area (Å²) in [6, 6.07) is 0. The molecule has 0 heterocycles. The lowest BCUT2D eigenvalue weighted by Gasteiger charge is -2.53. The lowest BCUT2D eigenvalue weighted by molar-refractivity contribution is -0.142. The van der Waals surface area contributed by atoms with Crippen molar-refractivity contribution >= 4 is 5.97 Å². The van der Waals surface area contributed by atoms with Gasteiger partial charge in [0.15, 0.2) is 0 Å². The number of aliphatic carboxylic acids is 1. The van der Waals surface area contributed by atoms with Crippen LogP contribution < -0.4 is 0 Å². The van der Waals surface area contributed by atoms with E-state index in [0.717, 1.165) is 12.8 Å². The Bertz CT molecular complexity index is 202. The monoisotopic (exact) mass is 198 g/mol. The molecule has 0 radical (unpaired) electrons. The van der Waals surface area contributed by atoms with Crippen molar-refractivity contribution in [2.45, 2.75) is 47.0 Å². The fraction of sp³-hybridized carbons (Fsp3) is 0.917. The Labute approximate surface area is 86.7 Å². The average molecular weight is 198 g/mol. The number of hydrogen-bond acceptors (Lipinski definition) is 1. The number of rotatable bonds is 4. The number of carbonyl (C=O) groups is 1. The predicted molar refractivity (Wildman–Crippen MR) is 57.1 cm³/mol. The van der Waals surface area contributed by atoms with Gasteiger partial charge in [0, 0.05) is 6.42 Å². The first kappa shape index (κ1) is 11.5. The van der Waals surface area contributed by atoms with Gasteiger partial charge >= 0.3 is 5.97 Å². The minimum Gasteiger partial charge on any atom is -0.481 e. The smallest absolute Gasteiger partial charge is 0.303 e. The van der Waals surface area contributed by atoms with Crippen molar-refractivity contribution in [1.82, 2.24) is 0 Å². The lowest BCUT2D eigenvalue weighted by Crippen LogP contribution is -2.46. The van der Waals surface area contributed by atoms with Crippen molar-refractivity contribution in [2.24, 2.45) is 23.2 Å². The maximum absolute atomic E-state index is 10.6. The molecule has 0 bridgehead atoms. The molecular formula is C12H22O2. The van der Waals surface area contributed by atoms with Gasteiger partial charge in [-0.2, -0.15) is 0 Å². The Hall–Kier alpha value is -0.530. The number of carboxylic acid groups (broad SMARTS) is 1. The first-order valence-corrected chi connectivity index (χ1v) is 5.60. The third-order valence-corrected chi connectivity index (χ3v) is 4.10. The summed E-state index contributed by atoms with van der Waals surface area (Å²) in [6.07, 6.45) is 2.57. The highest BCUT2D eigenvalue weighted by atomic mass is 16.4. The summed E-state index contributed by atoms with van der Waals surface area (Å²) in [4.78, 5) is 10.6. The third kappa shape index (κ3) is 1.94. The van der Waals surface area contributed by atoms with Crippen LogP contribution >= 0.6 is 0 Å². The molecule has 1 aliphatic rings. The van der Waals surface area contributed by atoms with E-state index in [2.05, 4.69) is 27.7 Å². The van der Waals surface area contributed by atoms with Gasteiger partial charge in [0.05, 0.1) is 0 Å². The molecule has 0 aromatic rings. The highest BCUT2D eigenvalue weighted by Gasteiger charge is 2.48. The van der Waals surface area contributed by atoms with E-state index < -0.39 is 5.97 Å². The first-order valence-electron chi connectivity index (χ1n) is 5.60. The summed E-state index contributed by atoms with van der Waals surface area (Å²) in [5.74, 6) is 1.13. The Morgan fingerprint density at radius 3 is 2.00 bits per heavy atom. The van der Waals surface area contributed by atoms with Gasteiger partial charge in [-0.25, -0.2) is 0 Å². The van der Waals surface area contributed by atoms with Gasteiger partial charge in [0.25, 0.3) is 0 Å². The Balaban J connectivity index is 2.52. The Morgan fingerprint density at radius 1 is 1.29 bits per heavy atom. The van der Waals surface area contributed by atoms with Crippen LogP contribution in [-0.2, 0) is 4.79 Å². The first-order chi connectivity index (χ1) is 6.38. The zero-order valence-corrected chi connectivity index (χ0v) is 9.71. The number of carboxylic acids is 1. The van der Waals surface area contributed by atoms with Gasteiger partial charge in [-0.05, 0) is 36.0 Å². The van der Waals surface area contributed by atoms with E-state index in [-0.39, 0.29) is 0 Å². The van der Waals surface area contributed by atoms with Gasteiger partial charge in [-0.3, -0.25) is 4.79 Å². The molecule has 1 rings (SSSR count). The fourth-order valence-electron chi connectivity index (χ4n) is 3.02. The predicted octanol–water partition coefficient (Wildman–Crippen LogP) is 3.17. The molecule has 0 atom stereocenters. The SMILES string of the molecule is CC(C)C1(C(C)C)CC(CC(=O)O)C1. The van der Waals surface area contributed by atoms with Crippen molar-refractivity contribution in [1.29, 1.82) is 0 Å².